The minimum Gasteiger partial charge on any atom is -0.497 e. The molecule has 0 saturated heterocycles. The van der Waals surface area contributed by atoms with Crippen LogP contribution in [0.1, 0.15) is 5.56 Å². The number of aromatic amines is 1. The van der Waals surface area contributed by atoms with Crippen molar-refractivity contribution in [1.82, 2.24) is 15.2 Å². The number of methoxy groups -OCH3 is 3. The number of benzene rings is 2. The van der Waals surface area contributed by atoms with E-state index in [0.717, 1.165) is 0 Å². The Hall–Kier alpha value is -4.48. The molecular weight excluding hydrogens is 408 g/mol. The Kier molecular flexibility index (Phi) is 6.40. The first-order valence-electron chi connectivity index (χ1n) is 8.77. The standard InChI is InChI=1S/C19H18N6O6/c1-29-13-6-4-12(5-7-13)16-18(26)21-19(24-22-16)23-20-10-11-8-14(25(27)28)17(31-3)15(9-11)30-2/h4-10H,1-3H3,(H2,21,23,24,26)/b20-10+. The zero-order valence-electron chi connectivity index (χ0n) is 16.8. The maximum absolute atomic E-state index is 12.3. The average Bonchev–Trinajstić information content (AvgIpc) is 2.78. The van der Waals surface area contributed by atoms with E-state index >= 15 is 0 Å². The van der Waals surface area contributed by atoms with E-state index in [1.54, 1.807) is 31.4 Å². The summed E-state index contributed by atoms with van der Waals surface area (Å²) in [6.07, 6.45) is 1.30. The number of nitrogens with one attached hydrogen (secondary N) is 2. The molecule has 0 aliphatic heterocycles. The SMILES string of the molecule is COc1ccc(-c2nnc(N/N=C/c3cc(OC)c(OC)c([N+](=O)[O-])c3)[nH]c2=O)cc1. The Bertz CT molecular complexity index is 1180. The molecule has 2 N–H and O–H groups in total. The summed E-state index contributed by atoms with van der Waals surface area (Å²) in [5.74, 6) is 0.821. The van der Waals surface area contributed by atoms with Crippen molar-refractivity contribution in [3.05, 3.63) is 62.4 Å². The quantitative estimate of drug-likeness (QED) is 0.313. The Labute approximate surface area is 175 Å². The van der Waals surface area contributed by atoms with Crippen LogP contribution in [-0.2, 0) is 0 Å². The van der Waals surface area contributed by atoms with Crippen molar-refractivity contribution in [3.63, 3.8) is 0 Å². The first kappa shape index (κ1) is 21.2. The van der Waals surface area contributed by atoms with E-state index in [-0.39, 0.29) is 28.8 Å². The molecule has 1 aromatic heterocycles. The zero-order valence-corrected chi connectivity index (χ0v) is 16.8. The van der Waals surface area contributed by atoms with Crippen LogP contribution < -0.4 is 25.2 Å². The van der Waals surface area contributed by atoms with Gasteiger partial charge in [-0.2, -0.15) is 5.10 Å². The van der Waals surface area contributed by atoms with Gasteiger partial charge in [0.15, 0.2) is 11.4 Å². The molecule has 0 saturated carbocycles. The molecule has 2 aromatic carbocycles. The highest BCUT2D eigenvalue weighted by atomic mass is 16.6. The van der Waals surface area contributed by atoms with Crippen LogP contribution in [0, 0.1) is 10.1 Å². The van der Waals surface area contributed by atoms with E-state index in [9.17, 15) is 14.9 Å². The van der Waals surface area contributed by atoms with Crippen molar-refractivity contribution in [2.24, 2.45) is 5.10 Å². The van der Waals surface area contributed by atoms with Crippen LogP contribution in [0.4, 0.5) is 11.6 Å². The average molecular weight is 426 g/mol. The second kappa shape index (κ2) is 9.35. The summed E-state index contributed by atoms with van der Waals surface area (Å²) in [5.41, 5.74) is 2.84. The monoisotopic (exact) mass is 426 g/mol. The second-order valence-corrected chi connectivity index (χ2v) is 5.98. The lowest BCUT2D eigenvalue weighted by Crippen LogP contribution is -2.15. The predicted octanol–water partition coefficient (Wildman–Crippen LogP) is 2.21. The number of nitrogens with zero attached hydrogens (tertiary/aromatic N) is 4. The molecule has 0 amide bonds. The fourth-order valence-electron chi connectivity index (χ4n) is 2.67. The first-order valence-corrected chi connectivity index (χ1v) is 8.77. The largest absolute Gasteiger partial charge is 0.497 e. The van der Waals surface area contributed by atoms with E-state index in [2.05, 4.69) is 25.7 Å². The van der Waals surface area contributed by atoms with E-state index in [1.165, 1.54) is 32.6 Å². The summed E-state index contributed by atoms with van der Waals surface area (Å²) < 4.78 is 15.3. The van der Waals surface area contributed by atoms with Gasteiger partial charge in [-0.3, -0.25) is 19.9 Å². The highest BCUT2D eigenvalue weighted by molar-refractivity contribution is 5.83. The van der Waals surface area contributed by atoms with Crippen molar-refractivity contribution in [2.75, 3.05) is 26.8 Å². The number of nitro groups is 1. The zero-order chi connectivity index (χ0) is 22.4. The lowest BCUT2D eigenvalue weighted by molar-refractivity contribution is -0.385. The third-order valence-electron chi connectivity index (χ3n) is 4.12. The molecule has 0 bridgehead atoms. The summed E-state index contributed by atoms with van der Waals surface area (Å²) in [5, 5.41) is 23.0. The Balaban J connectivity index is 1.79. The van der Waals surface area contributed by atoms with Gasteiger partial charge in [-0.1, -0.05) is 0 Å². The van der Waals surface area contributed by atoms with Crippen LogP contribution >= 0.6 is 0 Å². The van der Waals surface area contributed by atoms with Crippen LogP contribution in [0.3, 0.4) is 0 Å². The highest BCUT2D eigenvalue weighted by Crippen LogP contribution is 2.37. The number of H-pyrrole nitrogens is 1. The molecule has 0 unspecified atom stereocenters. The van der Waals surface area contributed by atoms with Gasteiger partial charge in [0.25, 0.3) is 5.56 Å². The van der Waals surface area contributed by atoms with Gasteiger partial charge in [0.05, 0.1) is 32.5 Å². The van der Waals surface area contributed by atoms with Crippen LogP contribution in [0.2, 0.25) is 0 Å². The molecule has 0 atom stereocenters. The smallest absolute Gasteiger partial charge is 0.315 e. The molecule has 3 rings (SSSR count). The van der Waals surface area contributed by atoms with E-state index < -0.39 is 10.5 Å². The maximum atomic E-state index is 12.3. The summed E-state index contributed by atoms with van der Waals surface area (Å²) in [4.78, 5) is 25.5. The van der Waals surface area contributed by atoms with Gasteiger partial charge in [-0.15, -0.1) is 10.2 Å². The maximum Gasteiger partial charge on any atom is 0.315 e. The van der Waals surface area contributed by atoms with Gasteiger partial charge in [-0.05, 0) is 30.3 Å². The number of rotatable bonds is 8. The van der Waals surface area contributed by atoms with Gasteiger partial charge in [0, 0.05) is 17.2 Å². The lowest BCUT2D eigenvalue weighted by Gasteiger charge is -2.08. The molecule has 1 heterocycles. The van der Waals surface area contributed by atoms with Gasteiger partial charge < -0.3 is 14.2 Å². The molecule has 0 fully saturated rings. The number of hydrogen-bond acceptors (Lipinski definition) is 10. The number of aromatic nitrogens is 3. The number of hydrazone groups is 1. The van der Waals surface area contributed by atoms with E-state index in [1.807, 2.05) is 0 Å². The van der Waals surface area contributed by atoms with Gasteiger partial charge in [0.2, 0.25) is 11.7 Å². The van der Waals surface area contributed by atoms with Gasteiger partial charge in [0.1, 0.15) is 5.75 Å². The van der Waals surface area contributed by atoms with E-state index in [0.29, 0.717) is 16.9 Å². The van der Waals surface area contributed by atoms with Crippen LogP contribution in [0.25, 0.3) is 11.3 Å². The molecule has 12 nitrogen and oxygen atoms in total. The van der Waals surface area contributed by atoms with Gasteiger partial charge in [-0.25, -0.2) is 5.43 Å². The Morgan fingerprint density at radius 3 is 2.42 bits per heavy atom. The number of ether oxygens (including phenoxy) is 3. The van der Waals surface area contributed by atoms with Crippen LogP contribution in [0.5, 0.6) is 17.2 Å². The highest BCUT2D eigenvalue weighted by Gasteiger charge is 2.21. The number of hydrogen-bond donors (Lipinski definition) is 2. The summed E-state index contributed by atoms with van der Waals surface area (Å²) in [7, 11) is 4.22. The lowest BCUT2D eigenvalue weighted by atomic mass is 10.1. The normalized spacial score (nSPS) is 10.7. The molecule has 31 heavy (non-hydrogen) atoms. The second-order valence-electron chi connectivity index (χ2n) is 5.98. The topological polar surface area (TPSA) is 154 Å². The fourth-order valence-corrected chi connectivity index (χ4v) is 2.67. The van der Waals surface area contributed by atoms with Crippen molar-refractivity contribution in [1.29, 1.82) is 0 Å². The minimum absolute atomic E-state index is 0.00178. The van der Waals surface area contributed by atoms with Crippen molar-refractivity contribution < 1.29 is 19.1 Å². The third-order valence-corrected chi connectivity index (χ3v) is 4.12. The molecule has 0 aliphatic rings. The molecule has 0 spiro atoms. The first-order chi connectivity index (χ1) is 15.0. The Morgan fingerprint density at radius 2 is 1.84 bits per heavy atom. The molecule has 3 aromatic rings. The fraction of sp³-hybridized carbons (Fsp3) is 0.158. The van der Waals surface area contributed by atoms with Crippen molar-refractivity contribution in [2.45, 2.75) is 0 Å². The molecule has 0 radical (unpaired) electrons. The predicted molar refractivity (Wildman–Crippen MR) is 112 cm³/mol. The number of anilines is 1. The third kappa shape index (κ3) is 4.75. The molecule has 0 aliphatic carbocycles. The summed E-state index contributed by atoms with van der Waals surface area (Å²) >= 11 is 0. The van der Waals surface area contributed by atoms with Crippen molar-refractivity contribution in [3.8, 4) is 28.5 Å². The van der Waals surface area contributed by atoms with Crippen LogP contribution in [0.15, 0.2) is 46.3 Å². The van der Waals surface area contributed by atoms with Crippen molar-refractivity contribution >= 4 is 17.9 Å². The van der Waals surface area contributed by atoms with Crippen LogP contribution in [-0.4, -0.2) is 47.6 Å². The molecule has 160 valence electrons. The minimum atomic E-state index is -0.590. The Morgan fingerprint density at radius 1 is 1.10 bits per heavy atom. The van der Waals surface area contributed by atoms with Gasteiger partial charge >= 0.3 is 5.69 Å². The molecule has 12 heteroatoms. The molecular formula is C19H18N6O6. The van der Waals surface area contributed by atoms with E-state index in [4.69, 9.17) is 14.2 Å². The summed E-state index contributed by atoms with van der Waals surface area (Å²) in [6, 6.07) is 9.57. The summed E-state index contributed by atoms with van der Waals surface area (Å²) in [6.45, 7) is 0. The number of nitro benzene ring substituents is 1.